The fourth-order valence-electron chi connectivity index (χ4n) is 5.68. The standard InChI is InChI=1S/C32H28FN5O4/c1-19-27(33)28(36(2)35-19)29(39)34-23-11-7-20(8-12-23)21-15-17-37(18-16-21)30(40)22-9-13-24(14-10-22)38-31(41)25-5-3-4-6-26(25)32(38)42/h3-14,21H,15-18H2,1-2H3,(H,34,39). The number of benzene rings is 3. The zero-order chi connectivity index (χ0) is 29.5. The van der Waals surface area contributed by atoms with Crippen LogP contribution in [0.1, 0.15) is 71.6 Å². The van der Waals surface area contributed by atoms with Crippen molar-refractivity contribution >= 4 is 35.0 Å². The summed E-state index contributed by atoms with van der Waals surface area (Å²) in [4.78, 5) is 54.2. The summed E-state index contributed by atoms with van der Waals surface area (Å²) in [6.07, 6.45) is 1.56. The summed E-state index contributed by atoms with van der Waals surface area (Å²) in [6, 6.07) is 20.8. The van der Waals surface area contributed by atoms with Crippen molar-refractivity contribution in [3.05, 3.63) is 112 Å². The molecule has 0 atom stereocenters. The Kier molecular flexibility index (Phi) is 6.89. The number of amides is 4. The van der Waals surface area contributed by atoms with Gasteiger partial charge in [0.1, 0.15) is 0 Å². The molecule has 42 heavy (non-hydrogen) atoms. The van der Waals surface area contributed by atoms with Crippen LogP contribution in [0.25, 0.3) is 0 Å². The van der Waals surface area contributed by atoms with E-state index in [4.69, 9.17) is 0 Å². The highest BCUT2D eigenvalue weighted by Gasteiger charge is 2.36. The molecule has 4 amide bonds. The summed E-state index contributed by atoms with van der Waals surface area (Å²) in [5.41, 5.74) is 3.38. The lowest BCUT2D eigenvalue weighted by Crippen LogP contribution is -2.38. The minimum Gasteiger partial charge on any atom is -0.339 e. The molecule has 3 aromatic carbocycles. The summed E-state index contributed by atoms with van der Waals surface area (Å²) >= 11 is 0. The van der Waals surface area contributed by atoms with Gasteiger partial charge in [-0.1, -0.05) is 24.3 Å². The van der Waals surface area contributed by atoms with E-state index < -0.39 is 11.7 Å². The molecule has 2 aliphatic heterocycles. The molecule has 9 nitrogen and oxygen atoms in total. The van der Waals surface area contributed by atoms with Crippen LogP contribution in [-0.2, 0) is 7.05 Å². The first-order valence-electron chi connectivity index (χ1n) is 13.7. The Morgan fingerprint density at radius 2 is 1.48 bits per heavy atom. The number of anilines is 2. The van der Waals surface area contributed by atoms with E-state index >= 15 is 0 Å². The molecule has 0 aliphatic carbocycles. The Hall–Kier alpha value is -5.12. The number of rotatable bonds is 5. The fourth-order valence-corrected chi connectivity index (χ4v) is 5.68. The highest BCUT2D eigenvalue weighted by molar-refractivity contribution is 6.34. The molecule has 0 saturated carbocycles. The van der Waals surface area contributed by atoms with E-state index in [9.17, 15) is 23.6 Å². The highest BCUT2D eigenvalue weighted by Crippen LogP contribution is 2.31. The average Bonchev–Trinajstić information content (AvgIpc) is 3.42. The molecule has 212 valence electrons. The van der Waals surface area contributed by atoms with Gasteiger partial charge in [-0.25, -0.2) is 9.29 Å². The number of carbonyl (C=O) groups excluding carboxylic acids is 4. The first kappa shape index (κ1) is 27.1. The van der Waals surface area contributed by atoms with Crippen molar-refractivity contribution in [1.29, 1.82) is 0 Å². The van der Waals surface area contributed by atoms with Crippen LogP contribution in [-0.4, -0.2) is 51.4 Å². The molecule has 0 unspecified atom stereocenters. The number of nitrogens with one attached hydrogen (secondary N) is 1. The van der Waals surface area contributed by atoms with E-state index in [-0.39, 0.29) is 35.0 Å². The fraction of sp³-hybridized carbons (Fsp3) is 0.219. The zero-order valence-electron chi connectivity index (χ0n) is 23.1. The molecule has 1 N–H and O–H groups in total. The van der Waals surface area contributed by atoms with E-state index in [2.05, 4.69) is 10.4 Å². The zero-order valence-corrected chi connectivity index (χ0v) is 23.1. The topological polar surface area (TPSA) is 105 Å². The molecule has 6 rings (SSSR count). The van der Waals surface area contributed by atoms with Gasteiger partial charge in [0.2, 0.25) is 0 Å². The van der Waals surface area contributed by atoms with Gasteiger partial charge >= 0.3 is 0 Å². The third-order valence-electron chi connectivity index (χ3n) is 7.95. The molecule has 3 heterocycles. The number of aryl methyl sites for hydroxylation is 2. The second-order valence-corrected chi connectivity index (χ2v) is 10.6. The Bertz CT molecular complexity index is 1690. The predicted molar refractivity (Wildman–Crippen MR) is 154 cm³/mol. The summed E-state index contributed by atoms with van der Waals surface area (Å²) < 4.78 is 15.5. The molecule has 1 fully saturated rings. The first-order chi connectivity index (χ1) is 20.2. The van der Waals surface area contributed by atoms with Gasteiger partial charge in [0.15, 0.2) is 11.5 Å². The third-order valence-corrected chi connectivity index (χ3v) is 7.95. The summed E-state index contributed by atoms with van der Waals surface area (Å²) in [6.45, 7) is 2.68. The number of hydrogen-bond acceptors (Lipinski definition) is 5. The van der Waals surface area contributed by atoms with Crippen molar-refractivity contribution in [2.24, 2.45) is 7.05 Å². The summed E-state index contributed by atoms with van der Waals surface area (Å²) in [5.74, 6) is -1.78. The molecule has 0 bridgehead atoms. The highest BCUT2D eigenvalue weighted by atomic mass is 19.1. The quantitative estimate of drug-likeness (QED) is 0.345. The van der Waals surface area contributed by atoms with E-state index in [0.29, 0.717) is 41.2 Å². The second kappa shape index (κ2) is 10.7. The number of piperidine rings is 1. The minimum atomic E-state index is -0.633. The van der Waals surface area contributed by atoms with Crippen molar-refractivity contribution in [3.63, 3.8) is 0 Å². The molecular formula is C32H28FN5O4. The summed E-state index contributed by atoms with van der Waals surface area (Å²) in [5, 5.41) is 6.67. The molecule has 1 saturated heterocycles. The monoisotopic (exact) mass is 565 g/mol. The third kappa shape index (κ3) is 4.74. The van der Waals surface area contributed by atoms with Gasteiger partial charge in [0, 0.05) is 31.4 Å². The maximum absolute atomic E-state index is 14.2. The normalized spacial score (nSPS) is 15.2. The molecule has 1 aromatic heterocycles. The van der Waals surface area contributed by atoms with Crippen LogP contribution in [0, 0.1) is 12.7 Å². The lowest BCUT2D eigenvalue weighted by atomic mass is 9.89. The minimum absolute atomic E-state index is 0.0990. The Morgan fingerprint density at radius 1 is 0.881 bits per heavy atom. The number of fused-ring (bicyclic) bond motifs is 1. The van der Waals surface area contributed by atoms with Crippen molar-refractivity contribution in [1.82, 2.24) is 14.7 Å². The summed E-state index contributed by atoms with van der Waals surface area (Å²) in [7, 11) is 1.53. The Balaban J connectivity index is 1.05. The van der Waals surface area contributed by atoms with Crippen LogP contribution in [0.5, 0.6) is 0 Å². The van der Waals surface area contributed by atoms with E-state index in [1.165, 1.54) is 18.7 Å². The molecule has 2 aliphatic rings. The van der Waals surface area contributed by atoms with Gasteiger partial charge in [-0.3, -0.25) is 23.9 Å². The van der Waals surface area contributed by atoms with Crippen molar-refractivity contribution in [3.8, 4) is 0 Å². The predicted octanol–water partition coefficient (Wildman–Crippen LogP) is 4.94. The molecule has 0 spiro atoms. The number of hydrogen-bond donors (Lipinski definition) is 1. The number of aromatic nitrogens is 2. The van der Waals surface area contributed by atoms with E-state index in [0.717, 1.165) is 23.3 Å². The number of halogens is 1. The SMILES string of the molecule is Cc1nn(C)c(C(=O)Nc2ccc(C3CCN(C(=O)c4ccc(N5C(=O)c6ccccc6C5=O)cc4)CC3)cc2)c1F. The van der Waals surface area contributed by atoms with Gasteiger partial charge in [-0.05, 0) is 79.8 Å². The maximum atomic E-state index is 14.2. The van der Waals surface area contributed by atoms with Gasteiger partial charge in [-0.15, -0.1) is 0 Å². The van der Waals surface area contributed by atoms with Crippen LogP contribution in [0.2, 0.25) is 0 Å². The van der Waals surface area contributed by atoms with E-state index in [1.807, 2.05) is 17.0 Å². The van der Waals surface area contributed by atoms with Gasteiger partial charge in [0.25, 0.3) is 23.6 Å². The number of nitrogens with zero attached hydrogens (tertiary/aromatic N) is 4. The smallest absolute Gasteiger partial charge is 0.276 e. The number of likely N-dealkylation sites (tertiary alicyclic amines) is 1. The number of carbonyl (C=O) groups is 4. The van der Waals surface area contributed by atoms with E-state index in [1.54, 1.807) is 60.7 Å². The maximum Gasteiger partial charge on any atom is 0.276 e. The number of imide groups is 1. The van der Waals surface area contributed by atoms with Crippen LogP contribution in [0.3, 0.4) is 0 Å². The second-order valence-electron chi connectivity index (χ2n) is 10.6. The lowest BCUT2D eigenvalue weighted by Gasteiger charge is -2.32. The molecule has 4 aromatic rings. The lowest BCUT2D eigenvalue weighted by molar-refractivity contribution is 0.0712. The van der Waals surface area contributed by atoms with Crippen molar-refractivity contribution in [2.45, 2.75) is 25.7 Å². The molecule has 10 heteroatoms. The Labute approximate surface area is 241 Å². The van der Waals surface area contributed by atoms with Crippen LogP contribution in [0.15, 0.2) is 72.8 Å². The largest absolute Gasteiger partial charge is 0.339 e. The molecule has 0 radical (unpaired) electrons. The van der Waals surface area contributed by atoms with Crippen molar-refractivity contribution in [2.75, 3.05) is 23.3 Å². The molecular weight excluding hydrogens is 537 g/mol. The van der Waals surface area contributed by atoms with Gasteiger partial charge < -0.3 is 10.2 Å². The van der Waals surface area contributed by atoms with Crippen LogP contribution in [0.4, 0.5) is 15.8 Å². The van der Waals surface area contributed by atoms with Crippen LogP contribution < -0.4 is 10.2 Å². The van der Waals surface area contributed by atoms with Gasteiger partial charge in [0.05, 0.1) is 22.5 Å². The van der Waals surface area contributed by atoms with Gasteiger partial charge in [-0.2, -0.15) is 5.10 Å². The first-order valence-corrected chi connectivity index (χ1v) is 13.7. The van der Waals surface area contributed by atoms with Crippen LogP contribution >= 0.6 is 0 Å². The average molecular weight is 566 g/mol. The van der Waals surface area contributed by atoms with Crippen molar-refractivity contribution < 1.29 is 23.6 Å². The Morgan fingerprint density at radius 3 is 2.02 bits per heavy atom.